The van der Waals surface area contributed by atoms with Crippen molar-refractivity contribution in [3.8, 4) is 0 Å². The van der Waals surface area contributed by atoms with Crippen LogP contribution in [-0.4, -0.2) is 23.0 Å². The van der Waals surface area contributed by atoms with Gasteiger partial charge in [0.1, 0.15) is 5.01 Å². The number of thiazole rings is 1. The predicted octanol–water partition coefficient (Wildman–Crippen LogP) is 2.40. The Hall–Kier alpha value is -0.450. The molecule has 0 aromatic carbocycles. The summed E-state index contributed by atoms with van der Waals surface area (Å²) in [5.41, 5.74) is 6.97. The van der Waals surface area contributed by atoms with Crippen LogP contribution >= 0.6 is 11.3 Å². The molecule has 0 aliphatic carbocycles. The quantitative estimate of drug-likeness (QED) is 0.797. The van der Waals surface area contributed by atoms with E-state index in [1.807, 2.05) is 0 Å². The topological polar surface area (TPSA) is 42.2 Å². The largest absolute Gasteiger partial charge is 0.326 e. The lowest BCUT2D eigenvalue weighted by Gasteiger charge is -2.15. The van der Waals surface area contributed by atoms with E-state index in [1.165, 1.54) is 15.6 Å². The number of rotatable bonds is 7. The first-order chi connectivity index (χ1) is 7.74. The van der Waals surface area contributed by atoms with Gasteiger partial charge in [0.05, 0.1) is 12.2 Å². The Labute approximate surface area is 103 Å². The molecule has 0 radical (unpaired) electrons. The van der Waals surface area contributed by atoms with Crippen LogP contribution in [0.3, 0.4) is 0 Å². The second-order valence-electron chi connectivity index (χ2n) is 3.89. The standard InChI is InChI=1S/C12H23N3S/c1-4-7-10-11(8-13)16-12(14-10)9-15(5-2)6-3/h4-9,13H2,1-3H3. The molecule has 0 bridgehead atoms. The van der Waals surface area contributed by atoms with Gasteiger partial charge in [-0.15, -0.1) is 11.3 Å². The zero-order valence-corrected chi connectivity index (χ0v) is 11.4. The fourth-order valence-electron chi connectivity index (χ4n) is 1.73. The first-order valence-electron chi connectivity index (χ1n) is 6.14. The Morgan fingerprint density at radius 1 is 1.25 bits per heavy atom. The monoisotopic (exact) mass is 241 g/mol. The number of nitrogens with two attached hydrogens (primary N) is 1. The van der Waals surface area contributed by atoms with Crippen molar-refractivity contribution >= 4 is 11.3 Å². The number of nitrogens with zero attached hydrogens (tertiary/aromatic N) is 2. The van der Waals surface area contributed by atoms with Crippen LogP contribution in [0.5, 0.6) is 0 Å². The molecule has 0 fully saturated rings. The fraction of sp³-hybridized carbons (Fsp3) is 0.750. The van der Waals surface area contributed by atoms with Gasteiger partial charge in [0.15, 0.2) is 0 Å². The minimum atomic E-state index is 0.630. The van der Waals surface area contributed by atoms with Gasteiger partial charge in [0.2, 0.25) is 0 Å². The zero-order valence-electron chi connectivity index (χ0n) is 10.6. The molecule has 4 heteroatoms. The molecule has 0 unspecified atom stereocenters. The highest BCUT2D eigenvalue weighted by Gasteiger charge is 2.11. The van der Waals surface area contributed by atoms with Gasteiger partial charge in [-0.25, -0.2) is 4.98 Å². The van der Waals surface area contributed by atoms with Crippen molar-refractivity contribution in [2.45, 2.75) is 46.7 Å². The van der Waals surface area contributed by atoms with Crippen LogP contribution in [-0.2, 0) is 19.5 Å². The summed E-state index contributed by atoms with van der Waals surface area (Å²) in [7, 11) is 0. The Morgan fingerprint density at radius 3 is 2.44 bits per heavy atom. The van der Waals surface area contributed by atoms with Crippen LogP contribution in [0.1, 0.15) is 42.8 Å². The lowest BCUT2D eigenvalue weighted by atomic mass is 10.2. The minimum Gasteiger partial charge on any atom is -0.326 e. The van der Waals surface area contributed by atoms with E-state index in [4.69, 9.17) is 10.7 Å². The molecule has 0 amide bonds. The van der Waals surface area contributed by atoms with Gasteiger partial charge in [-0.2, -0.15) is 0 Å². The van der Waals surface area contributed by atoms with Gasteiger partial charge in [-0.1, -0.05) is 27.2 Å². The average Bonchev–Trinajstić information content (AvgIpc) is 2.68. The summed E-state index contributed by atoms with van der Waals surface area (Å²) in [6.07, 6.45) is 2.20. The van der Waals surface area contributed by atoms with Crippen molar-refractivity contribution in [2.75, 3.05) is 13.1 Å². The summed E-state index contributed by atoms with van der Waals surface area (Å²) in [5, 5.41) is 1.22. The summed E-state index contributed by atoms with van der Waals surface area (Å²) in [5.74, 6) is 0. The Kier molecular flexibility index (Phi) is 5.95. The third kappa shape index (κ3) is 3.54. The lowest BCUT2D eigenvalue weighted by molar-refractivity contribution is 0.295. The summed E-state index contributed by atoms with van der Waals surface area (Å²) < 4.78 is 0. The fourth-order valence-corrected chi connectivity index (χ4v) is 2.77. The summed E-state index contributed by atoms with van der Waals surface area (Å²) in [4.78, 5) is 8.35. The van der Waals surface area contributed by atoms with Crippen molar-refractivity contribution in [1.29, 1.82) is 0 Å². The molecule has 0 saturated carbocycles. The SMILES string of the molecule is CCCc1nc(CN(CC)CC)sc1CN. The van der Waals surface area contributed by atoms with Gasteiger partial charge in [0, 0.05) is 11.4 Å². The molecular weight excluding hydrogens is 218 g/mol. The smallest absolute Gasteiger partial charge is 0.107 e. The molecule has 1 aromatic rings. The second kappa shape index (κ2) is 6.99. The van der Waals surface area contributed by atoms with E-state index in [1.54, 1.807) is 11.3 Å². The Balaban J connectivity index is 2.73. The van der Waals surface area contributed by atoms with Crippen LogP contribution < -0.4 is 5.73 Å². The van der Waals surface area contributed by atoms with E-state index in [0.717, 1.165) is 32.5 Å². The summed E-state index contributed by atoms with van der Waals surface area (Å²) in [6.45, 7) is 10.3. The van der Waals surface area contributed by atoms with Crippen molar-refractivity contribution in [3.05, 3.63) is 15.6 Å². The maximum absolute atomic E-state index is 5.75. The van der Waals surface area contributed by atoms with Crippen molar-refractivity contribution < 1.29 is 0 Å². The van der Waals surface area contributed by atoms with E-state index in [2.05, 4.69) is 25.7 Å². The highest BCUT2D eigenvalue weighted by atomic mass is 32.1. The molecule has 0 atom stereocenters. The highest BCUT2D eigenvalue weighted by Crippen LogP contribution is 2.20. The molecule has 3 nitrogen and oxygen atoms in total. The highest BCUT2D eigenvalue weighted by molar-refractivity contribution is 7.11. The molecule has 1 aromatic heterocycles. The maximum Gasteiger partial charge on any atom is 0.107 e. The van der Waals surface area contributed by atoms with E-state index in [-0.39, 0.29) is 0 Å². The van der Waals surface area contributed by atoms with Gasteiger partial charge in [-0.3, -0.25) is 4.90 Å². The third-order valence-electron chi connectivity index (χ3n) is 2.75. The zero-order chi connectivity index (χ0) is 12.0. The number of hydrogen-bond acceptors (Lipinski definition) is 4. The van der Waals surface area contributed by atoms with E-state index in [0.29, 0.717) is 6.54 Å². The Morgan fingerprint density at radius 2 is 1.94 bits per heavy atom. The van der Waals surface area contributed by atoms with Crippen molar-refractivity contribution in [3.63, 3.8) is 0 Å². The number of aromatic nitrogens is 1. The molecule has 0 aliphatic rings. The molecule has 16 heavy (non-hydrogen) atoms. The first kappa shape index (κ1) is 13.6. The van der Waals surface area contributed by atoms with Crippen LogP contribution in [0.2, 0.25) is 0 Å². The molecule has 0 spiro atoms. The normalized spacial score (nSPS) is 11.3. The van der Waals surface area contributed by atoms with Crippen LogP contribution in [0.4, 0.5) is 0 Å². The third-order valence-corrected chi connectivity index (χ3v) is 3.85. The maximum atomic E-state index is 5.75. The molecule has 0 saturated heterocycles. The van der Waals surface area contributed by atoms with E-state index in [9.17, 15) is 0 Å². The van der Waals surface area contributed by atoms with Gasteiger partial charge in [0.25, 0.3) is 0 Å². The minimum absolute atomic E-state index is 0.630. The number of hydrogen-bond donors (Lipinski definition) is 1. The second-order valence-corrected chi connectivity index (χ2v) is 5.06. The molecular formula is C12H23N3S. The lowest BCUT2D eigenvalue weighted by Crippen LogP contribution is -2.21. The van der Waals surface area contributed by atoms with Gasteiger partial charge in [-0.05, 0) is 19.5 Å². The molecule has 1 heterocycles. The van der Waals surface area contributed by atoms with Crippen LogP contribution in [0.25, 0.3) is 0 Å². The molecule has 0 aliphatic heterocycles. The average molecular weight is 241 g/mol. The van der Waals surface area contributed by atoms with Crippen molar-refractivity contribution in [1.82, 2.24) is 9.88 Å². The van der Waals surface area contributed by atoms with Gasteiger partial charge < -0.3 is 5.73 Å². The molecule has 2 N–H and O–H groups in total. The van der Waals surface area contributed by atoms with E-state index < -0.39 is 0 Å². The summed E-state index contributed by atoms with van der Waals surface area (Å²) in [6, 6.07) is 0. The van der Waals surface area contributed by atoms with Gasteiger partial charge >= 0.3 is 0 Å². The molecule has 1 rings (SSSR count). The predicted molar refractivity (Wildman–Crippen MR) is 70.6 cm³/mol. The summed E-state index contributed by atoms with van der Waals surface area (Å²) >= 11 is 1.78. The first-order valence-corrected chi connectivity index (χ1v) is 6.96. The van der Waals surface area contributed by atoms with E-state index >= 15 is 0 Å². The molecule has 92 valence electrons. The number of aryl methyl sites for hydroxylation is 1. The van der Waals surface area contributed by atoms with Crippen molar-refractivity contribution in [2.24, 2.45) is 5.73 Å². The van der Waals surface area contributed by atoms with Crippen LogP contribution in [0.15, 0.2) is 0 Å². The van der Waals surface area contributed by atoms with Crippen LogP contribution in [0, 0.1) is 0 Å². The Bertz CT molecular complexity index is 305.